The van der Waals surface area contributed by atoms with Gasteiger partial charge >= 0.3 is 9.74 Å². The number of fused-ring (bicyclic) bond motifs is 3. The molecule has 0 radical (unpaired) electrons. The summed E-state index contributed by atoms with van der Waals surface area (Å²) < 4.78 is 0. The van der Waals surface area contributed by atoms with Gasteiger partial charge in [0.25, 0.3) is 0 Å². The highest BCUT2D eigenvalue weighted by Gasteiger charge is 2.90. The van der Waals surface area contributed by atoms with Crippen molar-refractivity contribution in [3.63, 3.8) is 0 Å². The summed E-state index contributed by atoms with van der Waals surface area (Å²) in [5.41, 5.74) is 0. The Hall–Kier alpha value is -0.760. The van der Waals surface area contributed by atoms with Crippen LogP contribution >= 0.6 is 23.5 Å². The molecule has 3 rings (SSSR count). The second kappa shape index (κ2) is 2.08. The summed E-state index contributed by atoms with van der Waals surface area (Å²) in [5.74, 6) is 0. The smallest absolute Gasteiger partial charge is 0.263 e. The van der Waals surface area contributed by atoms with Crippen LogP contribution in [0.4, 0.5) is 0 Å². The quantitative estimate of drug-likeness (QED) is 0.302. The number of rotatable bonds is 2. The normalized spacial score (nSPS) is 51.7. The highest BCUT2D eigenvalue weighted by Crippen LogP contribution is 2.75. The lowest BCUT2D eigenvalue weighted by molar-refractivity contribution is -0.551. The Morgan fingerprint density at radius 2 is 1.93 bits per heavy atom. The van der Waals surface area contributed by atoms with Crippen molar-refractivity contribution in [3.05, 3.63) is 32.4 Å². The fourth-order valence-corrected chi connectivity index (χ4v) is 4.84. The van der Waals surface area contributed by atoms with Crippen LogP contribution in [0.15, 0.2) is 12.2 Å². The van der Waals surface area contributed by atoms with Crippen molar-refractivity contribution in [1.29, 1.82) is 0 Å². The van der Waals surface area contributed by atoms with E-state index in [4.69, 9.17) is 0 Å². The zero-order valence-electron chi connectivity index (χ0n) is 6.65. The van der Waals surface area contributed by atoms with E-state index < -0.39 is 19.9 Å². The summed E-state index contributed by atoms with van der Waals surface area (Å²) in [4.78, 5) is 18.5. The van der Waals surface area contributed by atoms with Crippen molar-refractivity contribution >= 4 is 23.5 Å². The number of hydrogen-bond donors (Lipinski definition) is 0. The maximum absolute atomic E-state index is 10.8. The van der Waals surface area contributed by atoms with Gasteiger partial charge in [-0.1, -0.05) is 29.6 Å². The first kappa shape index (κ1) is 8.54. The first-order valence-corrected chi connectivity index (χ1v) is 5.64. The molecule has 0 saturated carbocycles. The maximum atomic E-state index is 10.8. The monoisotopic (exact) mass is 232 g/mol. The third-order valence-electron chi connectivity index (χ3n) is 2.75. The molecule has 74 valence electrons. The van der Waals surface area contributed by atoms with E-state index in [-0.39, 0.29) is 10.2 Å². The molecule has 2 heterocycles. The molecule has 0 amide bonds. The van der Waals surface area contributed by atoms with E-state index in [0.717, 1.165) is 11.8 Å². The molecule has 0 bridgehead atoms. The Morgan fingerprint density at radius 3 is 2.50 bits per heavy atom. The molecule has 1 aliphatic carbocycles. The molecule has 4 atom stereocenters. The molecule has 0 aromatic carbocycles. The third kappa shape index (κ3) is 0.693. The molecule has 0 N–H and O–H groups in total. The molecule has 0 spiro atoms. The van der Waals surface area contributed by atoms with Gasteiger partial charge in [-0.2, -0.15) is 0 Å². The largest absolute Gasteiger partial charge is 0.306 e. The van der Waals surface area contributed by atoms with Crippen LogP contribution in [0, 0.1) is 20.2 Å². The molecule has 8 heteroatoms. The fourth-order valence-electron chi connectivity index (χ4n) is 1.89. The average Bonchev–Trinajstić information content (AvgIpc) is 2.96. The van der Waals surface area contributed by atoms with Gasteiger partial charge in [0.05, 0.1) is 0 Å². The van der Waals surface area contributed by atoms with E-state index in [1.165, 1.54) is 17.8 Å². The second-order valence-electron chi connectivity index (χ2n) is 3.41. The fraction of sp³-hybridized carbons (Fsp3) is 0.667. The highest BCUT2D eigenvalue weighted by molar-refractivity contribution is 8.14. The van der Waals surface area contributed by atoms with Crippen LogP contribution in [-0.2, 0) is 0 Å². The van der Waals surface area contributed by atoms with E-state index in [0.29, 0.717) is 0 Å². The van der Waals surface area contributed by atoms with Gasteiger partial charge in [0.15, 0.2) is 5.25 Å². The van der Waals surface area contributed by atoms with Crippen LogP contribution in [0.2, 0.25) is 0 Å². The Labute approximate surface area is 86.4 Å². The number of hydrogen-bond acceptors (Lipinski definition) is 6. The standard InChI is InChI=1S/C6H4N2O4S2/c9-7(10)5-2-1-3-6(13-3,8(11)12)4(5)14-5/h1-4H. The predicted octanol–water partition coefficient (Wildman–Crippen LogP) is 0.733. The van der Waals surface area contributed by atoms with Crippen LogP contribution in [0.1, 0.15) is 0 Å². The van der Waals surface area contributed by atoms with Crippen molar-refractivity contribution in [1.82, 2.24) is 0 Å². The molecule has 0 aromatic rings. The van der Waals surface area contributed by atoms with E-state index in [2.05, 4.69) is 0 Å². The minimum absolute atomic E-state index is 0.162. The van der Waals surface area contributed by atoms with Crippen LogP contribution in [0.5, 0.6) is 0 Å². The van der Waals surface area contributed by atoms with Gasteiger partial charge in [-0.15, -0.1) is 0 Å². The maximum Gasteiger partial charge on any atom is 0.306 e. The SMILES string of the molecule is O=[N+]([O-])C12C=CC3SC3([N+](=O)[O-])C1S2. The Bertz CT molecular complexity index is 399. The molecule has 3 aliphatic rings. The van der Waals surface area contributed by atoms with E-state index >= 15 is 0 Å². The predicted molar refractivity (Wildman–Crippen MR) is 51.3 cm³/mol. The minimum atomic E-state index is -1.20. The highest BCUT2D eigenvalue weighted by atomic mass is 32.2. The van der Waals surface area contributed by atoms with Gasteiger partial charge in [0, 0.05) is 15.9 Å². The van der Waals surface area contributed by atoms with Gasteiger partial charge in [-0.3, -0.25) is 20.2 Å². The number of nitrogens with zero attached hydrogens (tertiary/aromatic N) is 2. The van der Waals surface area contributed by atoms with Crippen LogP contribution in [0.25, 0.3) is 0 Å². The molecular formula is C6H4N2O4S2. The van der Waals surface area contributed by atoms with Gasteiger partial charge in [0.2, 0.25) is 0 Å². The van der Waals surface area contributed by atoms with Gasteiger partial charge in [0.1, 0.15) is 5.25 Å². The van der Waals surface area contributed by atoms with Crippen molar-refractivity contribution in [2.45, 2.75) is 20.2 Å². The summed E-state index contributed by atoms with van der Waals surface area (Å²) in [6.45, 7) is 0. The van der Waals surface area contributed by atoms with Gasteiger partial charge < -0.3 is 0 Å². The minimum Gasteiger partial charge on any atom is -0.263 e. The van der Waals surface area contributed by atoms with Crippen molar-refractivity contribution in [2.24, 2.45) is 0 Å². The van der Waals surface area contributed by atoms with E-state index in [1.54, 1.807) is 6.08 Å². The number of nitro groups is 2. The molecule has 6 nitrogen and oxygen atoms in total. The number of thioether (sulfide) groups is 2. The Morgan fingerprint density at radius 1 is 1.21 bits per heavy atom. The zero-order chi connectivity index (χ0) is 10.1. The van der Waals surface area contributed by atoms with Crippen molar-refractivity contribution in [3.8, 4) is 0 Å². The lowest BCUT2D eigenvalue weighted by atomic mass is 9.99. The Kier molecular flexibility index (Phi) is 1.27. The van der Waals surface area contributed by atoms with Crippen LogP contribution in [0.3, 0.4) is 0 Å². The first-order valence-electron chi connectivity index (χ1n) is 3.88. The molecule has 2 aliphatic heterocycles. The van der Waals surface area contributed by atoms with Gasteiger partial charge in [-0.05, 0) is 0 Å². The molecule has 0 aromatic heterocycles. The molecule has 2 fully saturated rings. The zero-order valence-corrected chi connectivity index (χ0v) is 8.29. The van der Waals surface area contributed by atoms with Crippen molar-refractivity contribution < 1.29 is 9.85 Å². The first-order chi connectivity index (χ1) is 6.54. The summed E-state index contributed by atoms with van der Waals surface area (Å²) in [7, 11) is 0. The topological polar surface area (TPSA) is 86.3 Å². The van der Waals surface area contributed by atoms with E-state index in [9.17, 15) is 20.2 Å². The molecule has 4 unspecified atom stereocenters. The second-order valence-corrected chi connectivity index (χ2v) is 6.17. The van der Waals surface area contributed by atoms with Gasteiger partial charge in [-0.25, -0.2) is 0 Å². The molecule has 14 heavy (non-hydrogen) atoms. The van der Waals surface area contributed by atoms with Crippen molar-refractivity contribution in [2.75, 3.05) is 0 Å². The Balaban J connectivity index is 2.02. The summed E-state index contributed by atoms with van der Waals surface area (Å²) in [6.07, 6.45) is 3.11. The summed E-state index contributed by atoms with van der Waals surface area (Å²) >= 11 is 2.29. The summed E-state index contributed by atoms with van der Waals surface area (Å²) in [6, 6.07) is 0. The van der Waals surface area contributed by atoms with E-state index in [1.807, 2.05) is 0 Å². The summed E-state index contributed by atoms with van der Waals surface area (Å²) in [5, 5.41) is 20.9. The molecular weight excluding hydrogens is 228 g/mol. The lowest BCUT2D eigenvalue weighted by Crippen LogP contribution is -2.40. The van der Waals surface area contributed by atoms with Crippen LogP contribution in [-0.4, -0.2) is 30.1 Å². The lowest BCUT2D eigenvalue weighted by Gasteiger charge is -2.08. The average molecular weight is 232 g/mol. The molecule has 2 saturated heterocycles. The third-order valence-corrected chi connectivity index (χ3v) is 6.03. The van der Waals surface area contributed by atoms with Crippen LogP contribution < -0.4 is 0 Å².